The average molecular weight is 255 g/mol. The molecular formula is C15H17N3O. The number of aromatic nitrogens is 1. The summed E-state index contributed by atoms with van der Waals surface area (Å²) in [4.78, 5) is 18.6. The third-order valence-electron chi connectivity index (χ3n) is 3.60. The summed E-state index contributed by atoms with van der Waals surface area (Å²) >= 11 is 0. The van der Waals surface area contributed by atoms with Crippen LogP contribution in [0.4, 0.5) is 0 Å². The molecule has 1 amide bonds. The van der Waals surface area contributed by atoms with E-state index in [4.69, 9.17) is 5.73 Å². The Morgan fingerprint density at radius 1 is 1.37 bits per heavy atom. The summed E-state index contributed by atoms with van der Waals surface area (Å²) in [6.07, 6.45) is 3.75. The lowest BCUT2D eigenvalue weighted by Crippen LogP contribution is -2.45. The van der Waals surface area contributed by atoms with Gasteiger partial charge in [0.2, 0.25) is 0 Å². The van der Waals surface area contributed by atoms with Crippen molar-refractivity contribution >= 4 is 16.8 Å². The highest BCUT2D eigenvalue weighted by Gasteiger charge is 2.22. The van der Waals surface area contributed by atoms with Crippen LogP contribution < -0.4 is 5.73 Å². The minimum Gasteiger partial charge on any atom is -0.337 e. The van der Waals surface area contributed by atoms with Crippen LogP contribution in [0.15, 0.2) is 36.5 Å². The number of hydrogen-bond acceptors (Lipinski definition) is 3. The number of benzene rings is 1. The lowest BCUT2D eigenvalue weighted by Gasteiger charge is -2.30. The number of carbonyl (C=O) groups excluding carboxylic acids is 1. The molecule has 1 aliphatic rings. The van der Waals surface area contributed by atoms with Crippen LogP contribution >= 0.6 is 0 Å². The van der Waals surface area contributed by atoms with Crippen molar-refractivity contribution in [2.75, 3.05) is 13.1 Å². The van der Waals surface area contributed by atoms with Gasteiger partial charge in [0.1, 0.15) is 0 Å². The number of likely N-dealkylation sites (tertiary alicyclic amines) is 1. The monoisotopic (exact) mass is 255 g/mol. The topological polar surface area (TPSA) is 59.2 Å². The van der Waals surface area contributed by atoms with Crippen molar-refractivity contribution in [3.63, 3.8) is 0 Å². The van der Waals surface area contributed by atoms with Gasteiger partial charge in [0.25, 0.3) is 5.91 Å². The molecule has 2 N–H and O–H groups in total. The van der Waals surface area contributed by atoms with E-state index in [0.717, 1.165) is 35.9 Å². The van der Waals surface area contributed by atoms with E-state index in [0.29, 0.717) is 6.54 Å². The number of carbonyl (C=O) groups is 1. The lowest BCUT2D eigenvalue weighted by atomic mass is 10.0. The summed E-state index contributed by atoms with van der Waals surface area (Å²) in [5, 5.41) is 0.995. The second-order valence-corrected chi connectivity index (χ2v) is 5.06. The first-order chi connectivity index (χ1) is 9.24. The molecule has 1 aromatic carbocycles. The predicted octanol–water partition coefficient (Wildman–Crippen LogP) is 1.80. The SMILES string of the molecule is NC1CCCN(C(=O)c2ccc3ncccc3c2)C1. The molecular weight excluding hydrogens is 238 g/mol. The van der Waals surface area contributed by atoms with Crippen LogP contribution in [0.3, 0.4) is 0 Å². The van der Waals surface area contributed by atoms with E-state index in [-0.39, 0.29) is 11.9 Å². The largest absolute Gasteiger partial charge is 0.337 e. The average Bonchev–Trinajstić information content (AvgIpc) is 2.46. The lowest BCUT2D eigenvalue weighted by molar-refractivity contribution is 0.0709. The van der Waals surface area contributed by atoms with Gasteiger partial charge in [-0.3, -0.25) is 9.78 Å². The smallest absolute Gasteiger partial charge is 0.253 e. The fourth-order valence-corrected chi connectivity index (χ4v) is 2.59. The zero-order valence-electron chi connectivity index (χ0n) is 10.7. The van der Waals surface area contributed by atoms with Crippen LogP contribution in [0, 0.1) is 0 Å². The molecule has 0 saturated carbocycles. The first kappa shape index (κ1) is 12.1. The van der Waals surface area contributed by atoms with E-state index >= 15 is 0 Å². The van der Waals surface area contributed by atoms with Crippen molar-refractivity contribution < 1.29 is 4.79 Å². The molecule has 1 fully saturated rings. The quantitative estimate of drug-likeness (QED) is 0.845. The van der Waals surface area contributed by atoms with E-state index in [1.165, 1.54) is 0 Å². The predicted molar refractivity (Wildman–Crippen MR) is 74.9 cm³/mol. The molecule has 98 valence electrons. The molecule has 4 nitrogen and oxygen atoms in total. The number of hydrogen-bond donors (Lipinski definition) is 1. The third kappa shape index (κ3) is 2.44. The molecule has 1 atom stereocenters. The van der Waals surface area contributed by atoms with Gasteiger partial charge in [-0.15, -0.1) is 0 Å². The number of pyridine rings is 1. The maximum absolute atomic E-state index is 12.4. The first-order valence-corrected chi connectivity index (χ1v) is 6.64. The summed E-state index contributed by atoms with van der Waals surface area (Å²) < 4.78 is 0. The molecule has 2 aromatic rings. The second kappa shape index (κ2) is 4.97. The zero-order chi connectivity index (χ0) is 13.2. The van der Waals surface area contributed by atoms with Gasteiger partial charge in [-0.05, 0) is 37.1 Å². The van der Waals surface area contributed by atoms with E-state index in [9.17, 15) is 4.79 Å². The molecule has 0 aliphatic carbocycles. The number of piperidine rings is 1. The molecule has 2 heterocycles. The molecule has 1 unspecified atom stereocenters. The highest BCUT2D eigenvalue weighted by Crippen LogP contribution is 2.17. The van der Waals surface area contributed by atoms with Crippen LogP contribution in [0.1, 0.15) is 23.2 Å². The minimum absolute atomic E-state index is 0.0703. The Kier molecular flexibility index (Phi) is 3.17. The fourth-order valence-electron chi connectivity index (χ4n) is 2.59. The van der Waals surface area contributed by atoms with Gasteiger partial charge in [-0.25, -0.2) is 0 Å². The van der Waals surface area contributed by atoms with Crippen molar-refractivity contribution in [3.8, 4) is 0 Å². The molecule has 19 heavy (non-hydrogen) atoms. The van der Waals surface area contributed by atoms with Gasteiger partial charge in [0.05, 0.1) is 5.52 Å². The van der Waals surface area contributed by atoms with E-state index < -0.39 is 0 Å². The molecule has 1 aromatic heterocycles. The Bertz CT molecular complexity index is 611. The molecule has 1 aliphatic heterocycles. The number of fused-ring (bicyclic) bond motifs is 1. The third-order valence-corrected chi connectivity index (χ3v) is 3.60. The van der Waals surface area contributed by atoms with E-state index in [1.807, 2.05) is 35.2 Å². The summed E-state index contributed by atoms with van der Waals surface area (Å²) in [5.41, 5.74) is 7.56. The van der Waals surface area contributed by atoms with E-state index in [1.54, 1.807) is 6.20 Å². The van der Waals surface area contributed by atoms with Crippen LogP contribution in [0.25, 0.3) is 10.9 Å². The summed E-state index contributed by atoms with van der Waals surface area (Å²) in [5.74, 6) is 0.0703. The Labute approximate surface area is 112 Å². The number of rotatable bonds is 1. The fraction of sp³-hybridized carbons (Fsp3) is 0.333. The van der Waals surface area contributed by atoms with Crippen LogP contribution in [-0.4, -0.2) is 34.9 Å². The maximum Gasteiger partial charge on any atom is 0.253 e. The minimum atomic E-state index is 0.0703. The highest BCUT2D eigenvalue weighted by atomic mass is 16.2. The molecule has 0 bridgehead atoms. The highest BCUT2D eigenvalue weighted by molar-refractivity contribution is 5.98. The number of nitrogens with two attached hydrogens (primary N) is 1. The molecule has 1 saturated heterocycles. The van der Waals surface area contributed by atoms with Crippen LogP contribution in [-0.2, 0) is 0 Å². The van der Waals surface area contributed by atoms with Gasteiger partial charge < -0.3 is 10.6 Å². The maximum atomic E-state index is 12.4. The number of nitrogens with zero attached hydrogens (tertiary/aromatic N) is 2. The molecule has 0 radical (unpaired) electrons. The molecule has 4 heteroatoms. The Morgan fingerprint density at radius 3 is 3.11 bits per heavy atom. The van der Waals surface area contributed by atoms with Crippen molar-refractivity contribution in [3.05, 3.63) is 42.1 Å². The van der Waals surface area contributed by atoms with Gasteiger partial charge >= 0.3 is 0 Å². The first-order valence-electron chi connectivity index (χ1n) is 6.64. The van der Waals surface area contributed by atoms with E-state index in [2.05, 4.69) is 4.98 Å². The van der Waals surface area contributed by atoms with Crippen molar-refractivity contribution in [1.82, 2.24) is 9.88 Å². The van der Waals surface area contributed by atoms with Gasteiger partial charge in [-0.2, -0.15) is 0 Å². The summed E-state index contributed by atoms with van der Waals surface area (Å²) in [6.45, 7) is 1.46. The van der Waals surface area contributed by atoms with Crippen molar-refractivity contribution in [1.29, 1.82) is 0 Å². The van der Waals surface area contributed by atoms with Crippen molar-refractivity contribution in [2.45, 2.75) is 18.9 Å². The standard InChI is InChI=1S/C15H17N3O/c16-13-4-2-8-18(10-13)15(19)12-5-6-14-11(9-12)3-1-7-17-14/h1,3,5-7,9,13H,2,4,8,10,16H2. The summed E-state index contributed by atoms with van der Waals surface area (Å²) in [6, 6.07) is 9.61. The second-order valence-electron chi connectivity index (χ2n) is 5.06. The van der Waals surface area contributed by atoms with Gasteiger partial charge in [-0.1, -0.05) is 6.07 Å². The van der Waals surface area contributed by atoms with Crippen LogP contribution in [0.2, 0.25) is 0 Å². The van der Waals surface area contributed by atoms with Crippen molar-refractivity contribution in [2.24, 2.45) is 5.73 Å². The summed E-state index contributed by atoms with van der Waals surface area (Å²) in [7, 11) is 0. The number of amides is 1. The Balaban J connectivity index is 1.88. The Morgan fingerprint density at radius 2 is 2.26 bits per heavy atom. The molecule has 3 rings (SSSR count). The van der Waals surface area contributed by atoms with Gasteiger partial charge in [0, 0.05) is 36.3 Å². The molecule has 0 spiro atoms. The zero-order valence-corrected chi connectivity index (χ0v) is 10.7. The van der Waals surface area contributed by atoms with Gasteiger partial charge in [0.15, 0.2) is 0 Å². The van der Waals surface area contributed by atoms with Crippen LogP contribution in [0.5, 0.6) is 0 Å². The normalized spacial score (nSPS) is 19.6. The Hall–Kier alpha value is -1.94.